The maximum Gasteiger partial charge on any atom is 0.127 e. The minimum Gasteiger partial charge on any atom is -0.305 e. The van der Waals surface area contributed by atoms with E-state index < -0.39 is 0 Å². The van der Waals surface area contributed by atoms with Crippen LogP contribution in [0, 0.1) is 5.82 Å². The number of rotatable bonds is 4. The van der Waals surface area contributed by atoms with E-state index in [2.05, 4.69) is 4.84 Å². The zero-order valence-corrected chi connectivity index (χ0v) is 7.85. The van der Waals surface area contributed by atoms with Crippen LogP contribution in [-0.2, 0) is 11.3 Å². The number of hydrogen-bond acceptors (Lipinski definition) is 2. The molecule has 0 unspecified atom stereocenters. The summed E-state index contributed by atoms with van der Waals surface area (Å²) in [7, 11) is 0. The van der Waals surface area contributed by atoms with E-state index in [0.717, 1.165) is 0 Å². The van der Waals surface area contributed by atoms with Crippen LogP contribution in [0.5, 0.6) is 0 Å². The molecule has 1 aromatic rings. The Bertz CT molecular complexity index is 260. The average Bonchev–Trinajstić information content (AvgIpc) is 2.10. The molecule has 0 saturated carbocycles. The molecule has 0 atom stereocenters. The Hall–Kier alpha value is -0.640. The van der Waals surface area contributed by atoms with Gasteiger partial charge in [-0.2, -0.15) is 0 Å². The quantitative estimate of drug-likeness (QED) is 0.602. The molecule has 2 N–H and O–H groups in total. The Morgan fingerprint density at radius 1 is 1.46 bits per heavy atom. The van der Waals surface area contributed by atoms with Crippen molar-refractivity contribution in [2.75, 3.05) is 6.61 Å². The van der Waals surface area contributed by atoms with Gasteiger partial charge in [0, 0.05) is 10.6 Å². The number of benzene rings is 1. The molecule has 1 rings (SSSR count). The highest BCUT2D eigenvalue weighted by Crippen LogP contribution is 2.20. The lowest BCUT2D eigenvalue weighted by molar-refractivity contribution is 0.135. The number of hydrogen-bond donors (Lipinski definition) is 1. The standard InChI is InChI=1S/C9H11ClFNO/c10-8-4-1-5-9(11)7(8)3-2-6-13-12/h1,4-5H,2-3,6,12H2. The van der Waals surface area contributed by atoms with Crippen molar-refractivity contribution in [3.63, 3.8) is 0 Å². The molecular formula is C9H11ClFNO. The first-order valence-corrected chi connectivity index (χ1v) is 4.38. The first-order chi connectivity index (χ1) is 6.25. The summed E-state index contributed by atoms with van der Waals surface area (Å²) < 4.78 is 13.1. The second-order valence-electron chi connectivity index (χ2n) is 2.67. The van der Waals surface area contributed by atoms with Gasteiger partial charge >= 0.3 is 0 Å². The van der Waals surface area contributed by atoms with Gasteiger partial charge in [-0.1, -0.05) is 17.7 Å². The van der Waals surface area contributed by atoms with Gasteiger partial charge in [0.05, 0.1) is 6.61 Å². The van der Waals surface area contributed by atoms with E-state index >= 15 is 0 Å². The van der Waals surface area contributed by atoms with Gasteiger partial charge in [0.25, 0.3) is 0 Å². The molecule has 0 aliphatic heterocycles. The van der Waals surface area contributed by atoms with Crippen LogP contribution in [0.3, 0.4) is 0 Å². The molecule has 0 heterocycles. The Morgan fingerprint density at radius 2 is 2.23 bits per heavy atom. The third-order valence-corrected chi connectivity index (χ3v) is 2.10. The van der Waals surface area contributed by atoms with Crippen LogP contribution in [0.15, 0.2) is 18.2 Å². The van der Waals surface area contributed by atoms with Crippen molar-refractivity contribution in [1.29, 1.82) is 0 Å². The lowest BCUT2D eigenvalue weighted by atomic mass is 10.1. The van der Waals surface area contributed by atoms with E-state index in [9.17, 15) is 4.39 Å². The second-order valence-corrected chi connectivity index (χ2v) is 3.08. The summed E-state index contributed by atoms with van der Waals surface area (Å²) in [5, 5.41) is 0.456. The maximum atomic E-state index is 13.1. The summed E-state index contributed by atoms with van der Waals surface area (Å²) in [5.41, 5.74) is 0.529. The van der Waals surface area contributed by atoms with Gasteiger partial charge in [-0.15, -0.1) is 0 Å². The van der Waals surface area contributed by atoms with E-state index in [1.54, 1.807) is 12.1 Å². The average molecular weight is 204 g/mol. The summed E-state index contributed by atoms with van der Waals surface area (Å²) >= 11 is 5.80. The predicted octanol–water partition coefficient (Wildman–Crippen LogP) is 2.30. The Labute approximate surface area is 81.4 Å². The van der Waals surface area contributed by atoms with Gasteiger partial charge in [-0.3, -0.25) is 0 Å². The van der Waals surface area contributed by atoms with Crippen LogP contribution in [0.2, 0.25) is 5.02 Å². The molecule has 0 radical (unpaired) electrons. The van der Waals surface area contributed by atoms with Gasteiger partial charge in [-0.05, 0) is 25.0 Å². The van der Waals surface area contributed by atoms with Gasteiger partial charge < -0.3 is 4.84 Å². The molecule has 0 spiro atoms. The van der Waals surface area contributed by atoms with E-state index in [0.29, 0.717) is 30.0 Å². The summed E-state index contributed by atoms with van der Waals surface area (Å²) in [5.74, 6) is 4.57. The molecule has 72 valence electrons. The number of halogens is 2. The van der Waals surface area contributed by atoms with Gasteiger partial charge in [0.1, 0.15) is 5.82 Å². The summed E-state index contributed by atoms with van der Waals surface area (Å²) in [6, 6.07) is 4.65. The van der Waals surface area contributed by atoms with Crippen molar-refractivity contribution < 1.29 is 9.23 Å². The zero-order valence-electron chi connectivity index (χ0n) is 7.09. The summed E-state index contributed by atoms with van der Waals surface area (Å²) in [6.07, 6.45) is 1.21. The van der Waals surface area contributed by atoms with E-state index in [1.165, 1.54) is 6.07 Å². The minimum atomic E-state index is -0.274. The third-order valence-electron chi connectivity index (χ3n) is 1.75. The van der Waals surface area contributed by atoms with Crippen LogP contribution < -0.4 is 5.90 Å². The largest absolute Gasteiger partial charge is 0.305 e. The second kappa shape index (κ2) is 5.17. The fourth-order valence-corrected chi connectivity index (χ4v) is 1.36. The van der Waals surface area contributed by atoms with Crippen LogP contribution in [0.1, 0.15) is 12.0 Å². The van der Waals surface area contributed by atoms with Crippen molar-refractivity contribution in [2.45, 2.75) is 12.8 Å². The van der Waals surface area contributed by atoms with Gasteiger partial charge in [-0.25, -0.2) is 10.3 Å². The Kier molecular flexibility index (Phi) is 4.15. The third kappa shape index (κ3) is 2.95. The molecule has 13 heavy (non-hydrogen) atoms. The monoisotopic (exact) mass is 203 g/mol. The van der Waals surface area contributed by atoms with Gasteiger partial charge in [0.2, 0.25) is 0 Å². The van der Waals surface area contributed by atoms with Crippen molar-refractivity contribution in [3.8, 4) is 0 Å². The molecular weight excluding hydrogens is 193 g/mol. The maximum absolute atomic E-state index is 13.1. The van der Waals surface area contributed by atoms with Crippen molar-refractivity contribution in [1.82, 2.24) is 0 Å². The SMILES string of the molecule is NOCCCc1c(F)cccc1Cl. The molecule has 2 nitrogen and oxygen atoms in total. The molecule has 0 aromatic heterocycles. The molecule has 0 aliphatic rings. The van der Waals surface area contributed by atoms with Crippen molar-refractivity contribution >= 4 is 11.6 Å². The lowest BCUT2D eigenvalue weighted by Gasteiger charge is -2.04. The van der Waals surface area contributed by atoms with E-state index in [1.807, 2.05) is 0 Å². The predicted molar refractivity (Wildman–Crippen MR) is 49.9 cm³/mol. The Morgan fingerprint density at radius 3 is 2.85 bits per heavy atom. The summed E-state index contributed by atoms with van der Waals surface area (Å²) in [4.78, 5) is 4.38. The number of nitrogens with two attached hydrogens (primary N) is 1. The molecule has 0 bridgehead atoms. The first-order valence-electron chi connectivity index (χ1n) is 4.00. The van der Waals surface area contributed by atoms with E-state index in [-0.39, 0.29) is 5.82 Å². The van der Waals surface area contributed by atoms with Gasteiger partial charge in [0.15, 0.2) is 0 Å². The van der Waals surface area contributed by atoms with E-state index in [4.69, 9.17) is 17.5 Å². The molecule has 0 saturated heterocycles. The van der Waals surface area contributed by atoms with Crippen LogP contribution in [0.25, 0.3) is 0 Å². The van der Waals surface area contributed by atoms with Crippen molar-refractivity contribution in [3.05, 3.63) is 34.6 Å². The minimum absolute atomic E-state index is 0.274. The highest BCUT2D eigenvalue weighted by molar-refractivity contribution is 6.31. The fraction of sp³-hybridized carbons (Fsp3) is 0.333. The molecule has 4 heteroatoms. The van der Waals surface area contributed by atoms with Crippen LogP contribution in [0.4, 0.5) is 4.39 Å². The smallest absolute Gasteiger partial charge is 0.127 e. The molecule has 0 fully saturated rings. The fourth-order valence-electron chi connectivity index (χ4n) is 1.10. The summed E-state index contributed by atoms with van der Waals surface area (Å²) in [6.45, 7) is 0.407. The highest BCUT2D eigenvalue weighted by Gasteiger charge is 2.05. The normalized spacial score (nSPS) is 10.4. The molecule has 0 amide bonds. The molecule has 1 aromatic carbocycles. The van der Waals surface area contributed by atoms with Crippen LogP contribution >= 0.6 is 11.6 Å². The lowest BCUT2D eigenvalue weighted by Crippen LogP contribution is -2.03. The van der Waals surface area contributed by atoms with Crippen LogP contribution in [-0.4, -0.2) is 6.61 Å². The zero-order chi connectivity index (χ0) is 9.68. The topological polar surface area (TPSA) is 35.2 Å². The highest BCUT2D eigenvalue weighted by atomic mass is 35.5. The molecule has 0 aliphatic carbocycles. The Balaban J connectivity index is 2.64. The first kappa shape index (κ1) is 10.4. The van der Waals surface area contributed by atoms with Crippen molar-refractivity contribution in [2.24, 2.45) is 5.90 Å².